The van der Waals surface area contributed by atoms with Crippen LogP contribution in [-0.4, -0.2) is 86.6 Å². The molecule has 0 N–H and O–H groups in total. The van der Waals surface area contributed by atoms with Gasteiger partial charge in [-0.1, -0.05) is 31.7 Å². The summed E-state index contributed by atoms with van der Waals surface area (Å²) in [6.45, 7) is 4.26. The van der Waals surface area contributed by atoms with Crippen molar-refractivity contribution in [3.05, 3.63) is 17.7 Å². The van der Waals surface area contributed by atoms with E-state index in [4.69, 9.17) is 14.2 Å². The summed E-state index contributed by atoms with van der Waals surface area (Å²) < 4.78 is 16.5. The number of carbonyl (C=O) groups is 2. The van der Waals surface area contributed by atoms with Crippen molar-refractivity contribution in [1.82, 2.24) is 14.7 Å². The van der Waals surface area contributed by atoms with Crippen LogP contribution in [0.3, 0.4) is 0 Å². The Bertz CT molecular complexity index is 860. The van der Waals surface area contributed by atoms with Crippen LogP contribution in [0.4, 0.5) is 0 Å². The molecule has 0 bridgehead atoms. The van der Waals surface area contributed by atoms with E-state index in [0.29, 0.717) is 55.9 Å². The van der Waals surface area contributed by atoms with Crippen LogP contribution in [0.25, 0.3) is 0 Å². The van der Waals surface area contributed by atoms with Crippen LogP contribution in [0.5, 0.6) is 17.2 Å². The number of piperazine rings is 1. The molecule has 34 heavy (non-hydrogen) atoms. The van der Waals surface area contributed by atoms with Crippen molar-refractivity contribution >= 4 is 11.8 Å². The number of nitrogens with zero attached hydrogens (tertiary/aromatic N) is 3. The third kappa shape index (κ3) is 5.27. The molecule has 1 aromatic rings. The van der Waals surface area contributed by atoms with E-state index in [1.807, 2.05) is 21.9 Å². The molecular formula is C26H39N3O5. The van der Waals surface area contributed by atoms with Gasteiger partial charge in [0.1, 0.15) is 0 Å². The summed E-state index contributed by atoms with van der Waals surface area (Å²) in [4.78, 5) is 32.3. The predicted molar refractivity (Wildman–Crippen MR) is 129 cm³/mol. The highest BCUT2D eigenvalue weighted by Gasteiger charge is 2.40. The first-order valence-corrected chi connectivity index (χ1v) is 12.6. The fourth-order valence-electron chi connectivity index (χ4n) is 5.73. The van der Waals surface area contributed by atoms with Crippen LogP contribution in [0, 0.1) is 5.92 Å². The van der Waals surface area contributed by atoms with Crippen molar-refractivity contribution < 1.29 is 23.8 Å². The van der Waals surface area contributed by atoms with Gasteiger partial charge in [0.15, 0.2) is 11.5 Å². The minimum Gasteiger partial charge on any atom is -0.493 e. The number of carbonyl (C=O) groups excluding carboxylic acids is 2. The van der Waals surface area contributed by atoms with Crippen molar-refractivity contribution in [2.75, 3.05) is 54.1 Å². The van der Waals surface area contributed by atoms with E-state index >= 15 is 0 Å². The van der Waals surface area contributed by atoms with Crippen molar-refractivity contribution in [2.45, 2.75) is 57.5 Å². The van der Waals surface area contributed by atoms with Crippen molar-refractivity contribution in [3.63, 3.8) is 0 Å². The van der Waals surface area contributed by atoms with E-state index in [2.05, 4.69) is 4.90 Å². The maximum absolute atomic E-state index is 13.2. The monoisotopic (exact) mass is 473 g/mol. The van der Waals surface area contributed by atoms with E-state index < -0.39 is 0 Å². The molecule has 0 unspecified atom stereocenters. The lowest BCUT2D eigenvalue weighted by molar-refractivity contribution is -0.137. The molecule has 188 valence electrons. The Kier molecular flexibility index (Phi) is 8.19. The summed E-state index contributed by atoms with van der Waals surface area (Å²) in [6.07, 6.45) is 7.47. The fraction of sp³-hybridized carbons (Fsp3) is 0.692. The lowest BCUT2D eigenvalue weighted by atomic mass is 10.1. The molecular weight excluding hydrogens is 434 g/mol. The summed E-state index contributed by atoms with van der Waals surface area (Å²) in [7, 11) is 4.86. The van der Waals surface area contributed by atoms with Crippen molar-refractivity contribution in [2.24, 2.45) is 5.92 Å². The van der Waals surface area contributed by atoms with Gasteiger partial charge < -0.3 is 24.0 Å². The average Bonchev–Trinajstić information content (AvgIpc) is 3.06. The van der Waals surface area contributed by atoms with E-state index in [0.717, 1.165) is 31.5 Å². The van der Waals surface area contributed by atoms with Gasteiger partial charge in [0.25, 0.3) is 0 Å². The number of hydrogen-bond acceptors (Lipinski definition) is 6. The second-order valence-corrected chi connectivity index (χ2v) is 9.69. The van der Waals surface area contributed by atoms with Crippen LogP contribution in [0.15, 0.2) is 12.1 Å². The largest absolute Gasteiger partial charge is 0.493 e. The normalized spacial score (nSPS) is 22.6. The molecule has 0 aromatic heterocycles. The fourth-order valence-corrected chi connectivity index (χ4v) is 5.73. The molecule has 8 nitrogen and oxygen atoms in total. The van der Waals surface area contributed by atoms with E-state index in [1.54, 1.807) is 21.3 Å². The van der Waals surface area contributed by atoms with E-state index in [9.17, 15) is 9.59 Å². The first kappa shape index (κ1) is 24.6. The number of likely N-dealkylation sites (tertiary alicyclic amines) is 1. The molecule has 1 aromatic carbocycles. The third-order valence-electron chi connectivity index (χ3n) is 7.64. The standard InChI is InChI=1S/C26H39N3O5/c1-32-22-11-10-19(24(33-2)25(22)34-3)17-27-12-14-28(15-13-27)26(31)20-16-23(30)29(18-20)21-8-6-4-5-7-9-21/h10-11,20-21H,4-9,12-18H2,1-3H3/t20-/m1/s1. The highest BCUT2D eigenvalue weighted by molar-refractivity contribution is 5.89. The molecule has 0 spiro atoms. The van der Waals surface area contributed by atoms with Gasteiger partial charge in [-0.15, -0.1) is 0 Å². The van der Waals surface area contributed by atoms with Gasteiger partial charge in [-0.25, -0.2) is 0 Å². The Labute approximate surface area is 203 Å². The zero-order valence-electron chi connectivity index (χ0n) is 20.9. The molecule has 2 heterocycles. The highest BCUT2D eigenvalue weighted by atomic mass is 16.5. The zero-order valence-corrected chi connectivity index (χ0v) is 20.9. The maximum Gasteiger partial charge on any atom is 0.228 e. The van der Waals surface area contributed by atoms with Gasteiger partial charge in [-0.2, -0.15) is 0 Å². The quantitative estimate of drug-likeness (QED) is 0.567. The Morgan fingerprint density at radius 1 is 0.912 bits per heavy atom. The Morgan fingerprint density at radius 2 is 1.59 bits per heavy atom. The first-order chi connectivity index (χ1) is 16.5. The SMILES string of the molecule is COc1ccc(CN2CCN(C(=O)[C@@H]3CC(=O)N(C4CCCCCC4)C3)CC2)c(OC)c1OC. The summed E-state index contributed by atoms with van der Waals surface area (Å²) in [5.74, 6) is 2.05. The minimum atomic E-state index is -0.187. The molecule has 1 atom stereocenters. The number of methoxy groups -OCH3 is 3. The minimum absolute atomic E-state index is 0.146. The van der Waals surface area contributed by atoms with Gasteiger partial charge in [0.2, 0.25) is 17.6 Å². The highest BCUT2D eigenvalue weighted by Crippen LogP contribution is 2.40. The lowest BCUT2D eigenvalue weighted by Crippen LogP contribution is -2.50. The number of hydrogen-bond donors (Lipinski definition) is 0. The summed E-state index contributed by atoms with van der Waals surface area (Å²) in [5, 5.41) is 0. The van der Waals surface area contributed by atoms with Crippen LogP contribution in [-0.2, 0) is 16.1 Å². The predicted octanol–water partition coefficient (Wildman–Crippen LogP) is 2.93. The number of rotatable bonds is 7. The van der Waals surface area contributed by atoms with Crippen molar-refractivity contribution in [3.8, 4) is 17.2 Å². The molecule has 8 heteroatoms. The van der Waals surface area contributed by atoms with Gasteiger partial charge >= 0.3 is 0 Å². The topological polar surface area (TPSA) is 71.6 Å². The molecule has 2 aliphatic heterocycles. The maximum atomic E-state index is 13.2. The molecule has 1 saturated carbocycles. The number of amides is 2. The molecule has 0 radical (unpaired) electrons. The van der Waals surface area contributed by atoms with Crippen LogP contribution < -0.4 is 14.2 Å². The molecule has 2 saturated heterocycles. The molecule has 1 aliphatic carbocycles. The van der Waals surface area contributed by atoms with E-state index in [1.165, 1.54) is 25.7 Å². The van der Waals surface area contributed by atoms with Gasteiger partial charge in [0, 0.05) is 57.3 Å². The molecule has 2 amide bonds. The van der Waals surface area contributed by atoms with Gasteiger partial charge in [-0.3, -0.25) is 14.5 Å². The van der Waals surface area contributed by atoms with Crippen LogP contribution >= 0.6 is 0 Å². The number of ether oxygens (including phenoxy) is 3. The Hall–Kier alpha value is -2.48. The van der Waals surface area contributed by atoms with Crippen molar-refractivity contribution in [1.29, 1.82) is 0 Å². The first-order valence-electron chi connectivity index (χ1n) is 12.6. The second-order valence-electron chi connectivity index (χ2n) is 9.69. The third-order valence-corrected chi connectivity index (χ3v) is 7.64. The Balaban J connectivity index is 1.32. The zero-order chi connectivity index (χ0) is 24.1. The van der Waals surface area contributed by atoms with Crippen LogP contribution in [0.2, 0.25) is 0 Å². The Morgan fingerprint density at radius 3 is 2.21 bits per heavy atom. The average molecular weight is 474 g/mol. The molecule has 4 rings (SSSR count). The summed E-state index contributed by atoms with van der Waals surface area (Å²) in [5.41, 5.74) is 1.03. The van der Waals surface area contributed by atoms with E-state index in [-0.39, 0.29) is 17.7 Å². The number of benzene rings is 1. The smallest absolute Gasteiger partial charge is 0.228 e. The van der Waals surface area contributed by atoms with Gasteiger partial charge in [-0.05, 0) is 18.9 Å². The summed E-state index contributed by atoms with van der Waals surface area (Å²) >= 11 is 0. The lowest BCUT2D eigenvalue weighted by Gasteiger charge is -2.36. The van der Waals surface area contributed by atoms with Crippen LogP contribution in [0.1, 0.15) is 50.5 Å². The molecule has 3 fully saturated rings. The molecule has 3 aliphatic rings. The second kappa shape index (κ2) is 11.3. The summed E-state index contributed by atoms with van der Waals surface area (Å²) in [6, 6.07) is 4.23. The van der Waals surface area contributed by atoms with Gasteiger partial charge in [0.05, 0.1) is 27.2 Å².